The minimum Gasteiger partial charge on any atom is -0.0619 e. The monoisotopic (exact) mass is 894 g/mol. The number of rotatable bonds is 3. The summed E-state index contributed by atoms with van der Waals surface area (Å²) >= 11 is 0. The van der Waals surface area contributed by atoms with Gasteiger partial charge in [0.2, 0.25) is 0 Å². The fourth-order valence-electron chi connectivity index (χ4n) is 13.7. The van der Waals surface area contributed by atoms with Crippen molar-refractivity contribution in [1.29, 1.82) is 0 Å². The van der Waals surface area contributed by atoms with Crippen LogP contribution in [0.4, 0.5) is 0 Å². The van der Waals surface area contributed by atoms with E-state index >= 15 is 0 Å². The van der Waals surface area contributed by atoms with Gasteiger partial charge in [-0.3, -0.25) is 0 Å². The molecule has 71 heavy (non-hydrogen) atoms. The quantitative estimate of drug-likeness (QED) is 0.122. The first kappa shape index (κ1) is 38.8. The molecular formula is C71H42. The molecule has 326 valence electrons. The van der Waals surface area contributed by atoms with Crippen molar-refractivity contribution in [2.75, 3.05) is 0 Å². The van der Waals surface area contributed by atoms with Gasteiger partial charge in [0, 0.05) is 0 Å². The van der Waals surface area contributed by atoms with E-state index in [1.807, 2.05) is 0 Å². The first-order valence-electron chi connectivity index (χ1n) is 24.9. The lowest BCUT2D eigenvalue weighted by Crippen LogP contribution is -2.26. The minimum absolute atomic E-state index is 0.504. The summed E-state index contributed by atoms with van der Waals surface area (Å²) in [5.74, 6) is 0. The van der Waals surface area contributed by atoms with E-state index in [2.05, 4.69) is 255 Å². The maximum absolute atomic E-state index is 2.44. The summed E-state index contributed by atoms with van der Waals surface area (Å²) in [6.07, 6.45) is 0. The van der Waals surface area contributed by atoms with E-state index in [0.717, 1.165) is 0 Å². The van der Waals surface area contributed by atoms with Gasteiger partial charge in [-0.1, -0.05) is 237 Å². The summed E-state index contributed by atoms with van der Waals surface area (Å²) in [7, 11) is 0. The summed E-state index contributed by atoms with van der Waals surface area (Å²) in [6.45, 7) is 0. The molecule has 0 aromatic heterocycles. The van der Waals surface area contributed by atoms with Crippen LogP contribution in [-0.4, -0.2) is 0 Å². The van der Waals surface area contributed by atoms with Gasteiger partial charge in [-0.2, -0.15) is 0 Å². The van der Waals surface area contributed by atoms with Crippen molar-refractivity contribution in [1.82, 2.24) is 0 Å². The average molecular weight is 895 g/mol. The smallest absolute Gasteiger partial charge is 0.0619 e. The van der Waals surface area contributed by atoms with Gasteiger partial charge in [0.1, 0.15) is 0 Å². The number of hydrogen-bond acceptors (Lipinski definition) is 0. The molecular weight excluding hydrogens is 853 g/mol. The Bertz CT molecular complexity index is 4540. The van der Waals surface area contributed by atoms with Gasteiger partial charge >= 0.3 is 0 Å². The zero-order valence-corrected chi connectivity index (χ0v) is 38.7. The fourth-order valence-corrected chi connectivity index (χ4v) is 13.7. The third-order valence-corrected chi connectivity index (χ3v) is 16.4. The SMILES string of the molecule is c1cc(-c2ccc3c4c(ccc3c2)-c2c(c3ccccc3c3ccccc23)C42c3ccccc3-c3ccccc32)cc(-c2c3ccccc3c(-c3cc4ccccc4c4ccccc34)c3ccccc23)c1. The highest BCUT2D eigenvalue weighted by Crippen LogP contribution is 2.66. The molecule has 0 heteroatoms. The Morgan fingerprint density at radius 2 is 0.662 bits per heavy atom. The highest BCUT2D eigenvalue weighted by Gasteiger charge is 2.53. The van der Waals surface area contributed by atoms with Crippen LogP contribution in [0.1, 0.15) is 22.3 Å². The number of hydrogen-bond donors (Lipinski definition) is 0. The molecule has 0 N–H and O–H groups in total. The molecule has 0 saturated carbocycles. The van der Waals surface area contributed by atoms with Crippen LogP contribution < -0.4 is 0 Å². The lowest BCUT2D eigenvalue weighted by Gasteiger charge is -2.32. The highest BCUT2D eigenvalue weighted by atomic mass is 14.5. The second-order valence-corrected chi connectivity index (χ2v) is 19.7. The van der Waals surface area contributed by atoms with Gasteiger partial charge in [0.25, 0.3) is 0 Å². The first-order chi connectivity index (χ1) is 35.3. The second-order valence-electron chi connectivity index (χ2n) is 19.7. The van der Waals surface area contributed by atoms with E-state index in [1.165, 1.54) is 153 Å². The Kier molecular flexibility index (Phi) is 7.91. The molecule has 14 aromatic carbocycles. The largest absolute Gasteiger partial charge is 0.0737 e. The lowest BCUT2D eigenvalue weighted by atomic mass is 9.68. The Morgan fingerprint density at radius 1 is 0.197 bits per heavy atom. The van der Waals surface area contributed by atoms with Gasteiger partial charge < -0.3 is 0 Å². The molecule has 0 radical (unpaired) electrons. The van der Waals surface area contributed by atoms with Crippen LogP contribution in [0.5, 0.6) is 0 Å². The Morgan fingerprint density at radius 3 is 1.32 bits per heavy atom. The number of fused-ring (bicyclic) bond motifs is 22. The Hall–Kier alpha value is -9.10. The molecule has 0 atom stereocenters. The maximum Gasteiger partial charge on any atom is 0.0737 e. The van der Waals surface area contributed by atoms with E-state index in [9.17, 15) is 0 Å². The average Bonchev–Trinajstić information content (AvgIpc) is 3.93. The van der Waals surface area contributed by atoms with Crippen molar-refractivity contribution >= 4 is 75.4 Å². The van der Waals surface area contributed by atoms with Crippen molar-refractivity contribution < 1.29 is 0 Å². The normalized spacial score (nSPS) is 13.2. The molecule has 0 amide bonds. The molecule has 0 unspecified atom stereocenters. The predicted molar refractivity (Wildman–Crippen MR) is 302 cm³/mol. The van der Waals surface area contributed by atoms with Gasteiger partial charge in [-0.05, 0) is 171 Å². The molecule has 0 aliphatic heterocycles. The van der Waals surface area contributed by atoms with Gasteiger partial charge in [-0.15, -0.1) is 0 Å². The Labute approximate surface area is 411 Å². The van der Waals surface area contributed by atoms with Crippen molar-refractivity contribution in [3.63, 3.8) is 0 Å². The van der Waals surface area contributed by atoms with Gasteiger partial charge in [0.15, 0.2) is 0 Å². The summed E-state index contributed by atoms with van der Waals surface area (Å²) in [6, 6.07) is 96.2. The van der Waals surface area contributed by atoms with Crippen LogP contribution in [0, 0.1) is 0 Å². The summed E-state index contributed by atoms with van der Waals surface area (Å²) < 4.78 is 0. The van der Waals surface area contributed by atoms with E-state index < -0.39 is 5.41 Å². The van der Waals surface area contributed by atoms with Crippen LogP contribution in [-0.2, 0) is 5.41 Å². The molecule has 0 bridgehead atoms. The van der Waals surface area contributed by atoms with Crippen LogP contribution >= 0.6 is 0 Å². The molecule has 0 heterocycles. The zero-order chi connectivity index (χ0) is 46.4. The van der Waals surface area contributed by atoms with E-state index in [-0.39, 0.29) is 0 Å². The fraction of sp³-hybridized carbons (Fsp3) is 0.0141. The topological polar surface area (TPSA) is 0 Å². The van der Waals surface area contributed by atoms with Gasteiger partial charge in [0.05, 0.1) is 5.41 Å². The van der Waals surface area contributed by atoms with Gasteiger partial charge in [-0.25, -0.2) is 0 Å². The lowest BCUT2D eigenvalue weighted by molar-refractivity contribution is 0.809. The molecule has 0 fully saturated rings. The maximum atomic E-state index is 2.44. The number of benzene rings is 14. The third-order valence-electron chi connectivity index (χ3n) is 16.4. The molecule has 16 rings (SSSR count). The minimum atomic E-state index is -0.504. The summed E-state index contributed by atoms with van der Waals surface area (Å²) in [4.78, 5) is 0. The van der Waals surface area contributed by atoms with E-state index in [0.29, 0.717) is 0 Å². The molecule has 0 nitrogen and oxygen atoms in total. The van der Waals surface area contributed by atoms with Crippen molar-refractivity contribution in [3.8, 4) is 55.6 Å². The first-order valence-corrected chi connectivity index (χ1v) is 24.9. The van der Waals surface area contributed by atoms with Crippen molar-refractivity contribution in [3.05, 3.63) is 277 Å². The van der Waals surface area contributed by atoms with Crippen LogP contribution in [0.2, 0.25) is 0 Å². The Balaban J connectivity index is 0.920. The molecule has 2 aliphatic carbocycles. The van der Waals surface area contributed by atoms with Crippen molar-refractivity contribution in [2.45, 2.75) is 5.41 Å². The second kappa shape index (κ2) is 14.5. The van der Waals surface area contributed by atoms with E-state index in [1.54, 1.807) is 0 Å². The molecule has 2 aliphatic rings. The highest BCUT2D eigenvalue weighted by molar-refractivity contribution is 6.26. The van der Waals surface area contributed by atoms with Crippen LogP contribution in [0.15, 0.2) is 255 Å². The van der Waals surface area contributed by atoms with Crippen molar-refractivity contribution in [2.24, 2.45) is 0 Å². The van der Waals surface area contributed by atoms with Crippen LogP contribution in [0.25, 0.3) is 131 Å². The predicted octanol–water partition coefficient (Wildman–Crippen LogP) is 19.1. The molecule has 0 saturated heterocycles. The van der Waals surface area contributed by atoms with E-state index in [4.69, 9.17) is 0 Å². The summed E-state index contributed by atoms with van der Waals surface area (Å²) in [5.41, 5.74) is 17.8. The third kappa shape index (κ3) is 5.13. The standard InChI is InChI=1S/C71H42/c1-2-21-48-45(18-1)42-63(53-25-4-3-22-50(48)53)67-59-31-10-8-29-57(59)66(58-30-9-11-32-60(58)67)47-20-17-19-43(41-47)44-36-38-49-46(40-44)37-39-62-68-56-28-7-5-23-51(56)52-24-6-12-33-61(52)70(68)71(69(49)62)64-34-15-13-26-54(64)55-27-14-16-35-65(55)71/h1-42H. The molecule has 1 spiro atoms. The van der Waals surface area contributed by atoms with Crippen LogP contribution in [0.3, 0.4) is 0 Å². The zero-order valence-electron chi connectivity index (χ0n) is 38.7. The molecule has 14 aromatic rings. The summed E-state index contributed by atoms with van der Waals surface area (Å²) in [5, 5.41) is 17.9.